The average molecular weight is 295 g/mol. The molecule has 7 heteroatoms. The lowest BCUT2D eigenvalue weighted by Crippen LogP contribution is -2.43. The summed E-state index contributed by atoms with van der Waals surface area (Å²) in [6.07, 6.45) is 0. The van der Waals surface area contributed by atoms with Crippen LogP contribution in [0.4, 0.5) is 0 Å². The quantitative estimate of drug-likeness (QED) is 0.387. The van der Waals surface area contributed by atoms with Crippen LogP contribution in [0.3, 0.4) is 0 Å². The Bertz CT molecular complexity index is 505. The van der Waals surface area contributed by atoms with E-state index in [0.29, 0.717) is 0 Å². The van der Waals surface area contributed by atoms with E-state index in [1.807, 2.05) is 31.2 Å². The molecule has 6 nitrogen and oxygen atoms in total. The summed E-state index contributed by atoms with van der Waals surface area (Å²) in [5.74, 6) is -0.792. The van der Waals surface area contributed by atoms with Gasteiger partial charge in [0.1, 0.15) is 12.4 Å². The minimum Gasteiger partial charge on any atom is -0.492 e. The van der Waals surface area contributed by atoms with Gasteiger partial charge in [0.2, 0.25) is 0 Å². The second-order valence-corrected chi connectivity index (χ2v) is 4.59. The molecule has 1 aromatic rings. The Morgan fingerprint density at radius 1 is 1.30 bits per heavy atom. The van der Waals surface area contributed by atoms with Crippen molar-refractivity contribution in [1.82, 2.24) is 10.6 Å². The van der Waals surface area contributed by atoms with Crippen molar-refractivity contribution in [2.45, 2.75) is 6.92 Å². The topological polar surface area (TPSA) is 93.4 Å². The van der Waals surface area contributed by atoms with Crippen LogP contribution in [0, 0.1) is 6.92 Å². The van der Waals surface area contributed by atoms with E-state index in [-0.39, 0.29) is 24.7 Å². The van der Waals surface area contributed by atoms with Crippen molar-refractivity contribution in [3.8, 4) is 5.75 Å². The van der Waals surface area contributed by atoms with Crippen LogP contribution in [-0.4, -0.2) is 36.5 Å². The fourth-order valence-electron chi connectivity index (χ4n) is 1.37. The molecule has 0 aliphatic rings. The number of hydrogen-bond acceptors (Lipinski definition) is 4. The van der Waals surface area contributed by atoms with Crippen LogP contribution >= 0.6 is 12.2 Å². The van der Waals surface area contributed by atoms with Gasteiger partial charge in [-0.2, -0.15) is 0 Å². The number of benzene rings is 1. The number of hydrogen-bond donors (Lipinski definition) is 3. The number of amides is 2. The Balaban J connectivity index is 2.22. The normalized spacial score (nSPS) is 9.65. The molecule has 0 aromatic heterocycles. The van der Waals surface area contributed by atoms with Crippen molar-refractivity contribution in [2.75, 3.05) is 19.7 Å². The van der Waals surface area contributed by atoms with Gasteiger partial charge < -0.3 is 21.1 Å². The standard InChI is InChI=1S/C13H17N3O3S/c1-9-3-2-4-10(7-9)19-6-5-15-12(17)13(18)16-8-11(14)20/h2-4,7H,5-6,8H2,1H3,(H2,14,20)(H,15,17)(H,16,18). The molecule has 0 aliphatic carbocycles. The Hall–Kier alpha value is -2.15. The highest BCUT2D eigenvalue weighted by atomic mass is 32.1. The first kappa shape index (κ1) is 15.9. The second-order valence-electron chi connectivity index (χ2n) is 4.07. The van der Waals surface area contributed by atoms with Crippen molar-refractivity contribution in [3.63, 3.8) is 0 Å². The van der Waals surface area contributed by atoms with Crippen molar-refractivity contribution in [3.05, 3.63) is 29.8 Å². The molecule has 1 aromatic carbocycles. The molecule has 0 atom stereocenters. The molecule has 2 amide bonds. The molecule has 0 spiro atoms. The van der Waals surface area contributed by atoms with E-state index in [1.54, 1.807) is 0 Å². The molecule has 108 valence electrons. The molecule has 1 rings (SSSR count). The minimum atomic E-state index is -0.770. The molecule has 4 N–H and O–H groups in total. The number of ether oxygens (including phenoxy) is 1. The van der Waals surface area contributed by atoms with Gasteiger partial charge in [0, 0.05) is 0 Å². The molecule has 0 saturated carbocycles. The maximum atomic E-state index is 11.4. The first-order valence-corrected chi connectivity index (χ1v) is 6.43. The Morgan fingerprint density at radius 2 is 2.00 bits per heavy atom. The summed E-state index contributed by atoms with van der Waals surface area (Å²) in [4.78, 5) is 22.8. The van der Waals surface area contributed by atoms with Gasteiger partial charge in [0.15, 0.2) is 0 Å². The molecule has 0 fully saturated rings. The molecule has 0 unspecified atom stereocenters. The van der Waals surface area contributed by atoms with E-state index in [2.05, 4.69) is 22.9 Å². The van der Waals surface area contributed by atoms with Gasteiger partial charge in [-0.3, -0.25) is 9.59 Å². The third kappa shape index (κ3) is 6.14. The molecular formula is C13H17N3O3S. The van der Waals surface area contributed by atoms with Crippen LogP contribution in [-0.2, 0) is 9.59 Å². The zero-order valence-electron chi connectivity index (χ0n) is 11.1. The summed E-state index contributed by atoms with van der Waals surface area (Å²) in [6.45, 7) is 2.47. The summed E-state index contributed by atoms with van der Waals surface area (Å²) >= 11 is 4.58. The van der Waals surface area contributed by atoms with Gasteiger partial charge in [-0.25, -0.2) is 0 Å². The third-order valence-corrected chi connectivity index (χ3v) is 2.42. The molecule has 20 heavy (non-hydrogen) atoms. The molecular weight excluding hydrogens is 278 g/mol. The van der Waals surface area contributed by atoms with E-state index in [4.69, 9.17) is 10.5 Å². The number of rotatable bonds is 6. The Labute approximate surface area is 122 Å². The SMILES string of the molecule is Cc1cccc(OCCNC(=O)C(=O)NCC(N)=S)c1. The number of aryl methyl sites for hydroxylation is 1. The molecule has 0 heterocycles. The van der Waals surface area contributed by atoms with Gasteiger partial charge in [-0.1, -0.05) is 24.4 Å². The first-order chi connectivity index (χ1) is 9.49. The lowest BCUT2D eigenvalue weighted by Gasteiger charge is -2.08. The van der Waals surface area contributed by atoms with E-state index < -0.39 is 11.8 Å². The minimum absolute atomic E-state index is 0.00137. The second kappa shape index (κ2) is 8.11. The highest BCUT2D eigenvalue weighted by molar-refractivity contribution is 7.80. The Morgan fingerprint density at radius 3 is 2.65 bits per heavy atom. The summed E-state index contributed by atoms with van der Waals surface area (Å²) in [7, 11) is 0. The highest BCUT2D eigenvalue weighted by Gasteiger charge is 2.12. The third-order valence-electron chi connectivity index (χ3n) is 2.28. The fourth-order valence-corrected chi connectivity index (χ4v) is 1.44. The van der Waals surface area contributed by atoms with Gasteiger partial charge in [-0.05, 0) is 24.6 Å². The fraction of sp³-hybridized carbons (Fsp3) is 0.308. The lowest BCUT2D eigenvalue weighted by atomic mass is 10.2. The van der Waals surface area contributed by atoms with Crippen molar-refractivity contribution in [1.29, 1.82) is 0 Å². The van der Waals surface area contributed by atoms with Gasteiger partial charge in [0.05, 0.1) is 18.1 Å². The van der Waals surface area contributed by atoms with E-state index in [0.717, 1.165) is 11.3 Å². The van der Waals surface area contributed by atoms with Crippen LogP contribution in [0.5, 0.6) is 5.75 Å². The molecule has 0 aliphatic heterocycles. The van der Waals surface area contributed by atoms with E-state index >= 15 is 0 Å². The molecule has 0 bridgehead atoms. The number of nitrogens with one attached hydrogen (secondary N) is 2. The van der Waals surface area contributed by atoms with Crippen LogP contribution in [0.25, 0.3) is 0 Å². The van der Waals surface area contributed by atoms with E-state index in [1.165, 1.54) is 0 Å². The Kier molecular flexibility index (Phi) is 6.45. The number of carbonyl (C=O) groups is 2. The van der Waals surface area contributed by atoms with Crippen LogP contribution in [0.2, 0.25) is 0 Å². The summed E-state index contributed by atoms with van der Waals surface area (Å²) in [5.41, 5.74) is 6.29. The van der Waals surface area contributed by atoms with Crippen molar-refractivity contribution < 1.29 is 14.3 Å². The predicted octanol–water partition coefficient (Wildman–Crippen LogP) is -0.108. The smallest absolute Gasteiger partial charge is 0.309 e. The largest absolute Gasteiger partial charge is 0.492 e. The highest BCUT2D eigenvalue weighted by Crippen LogP contribution is 2.11. The first-order valence-electron chi connectivity index (χ1n) is 6.03. The van der Waals surface area contributed by atoms with Crippen molar-refractivity contribution >= 4 is 29.0 Å². The number of nitrogens with two attached hydrogens (primary N) is 1. The van der Waals surface area contributed by atoms with Crippen LogP contribution in [0.1, 0.15) is 5.56 Å². The van der Waals surface area contributed by atoms with Crippen LogP contribution < -0.4 is 21.1 Å². The maximum absolute atomic E-state index is 11.4. The lowest BCUT2D eigenvalue weighted by molar-refractivity contribution is -0.139. The monoisotopic (exact) mass is 295 g/mol. The van der Waals surface area contributed by atoms with Gasteiger partial charge in [-0.15, -0.1) is 0 Å². The van der Waals surface area contributed by atoms with E-state index in [9.17, 15) is 9.59 Å². The van der Waals surface area contributed by atoms with Gasteiger partial charge >= 0.3 is 11.8 Å². The summed E-state index contributed by atoms with van der Waals surface area (Å²) < 4.78 is 5.43. The molecule has 0 radical (unpaired) electrons. The average Bonchev–Trinajstić information content (AvgIpc) is 2.40. The number of carbonyl (C=O) groups excluding carboxylic acids is 2. The number of thiocarbonyl (C=S) groups is 1. The predicted molar refractivity (Wildman–Crippen MR) is 79.5 cm³/mol. The van der Waals surface area contributed by atoms with Crippen LogP contribution in [0.15, 0.2) is 24.3 Å². The summed E-state index contributed by atoms with van der Waals surface area (Å²) in [6, 6.07) is 7.55. The zero-order valence-corrected chi connectivity index (χ0v) is 12.0. The summed E-state index contributed by atoms with van der Waals surface area (Å²) in [5, 5.41) is 4.72. The molecule has 0 saturated heterocycles. The van der Waals surface area contributed by atoms with Crippen molar-refractivity contribution in [2.24, 2.45) is 5.73 Å². The van der Waals surface area contributed by atoms with Gasteiger partial charge in [0.25, 0.3) is 0 Å². The zero-order chi connectivity index (χ0) is 15.0. The maximum Gasteiger partial charge on any atom is 0.309 e.